The molecule has 1 atom stereocenters. The summed E-state index contributed by atoms with van der Waals surface area (Å²) in [6, 6.07) is 7.77. The van der Waals surface area contributed by atoms with Crippen molar-refractivity contribution in [3.05, 3.63) is 35.5 Å². The molecule has 1 amide bonds. The van der Waals surface area contributed by atoms with Crippen LogP contribution in [0.1, 0.15) is 11.3 Å². The van der Waals surface area contributed by atoms with Gasteiger partial charge in [-0.25, -0.2) is 4.79 Å². The molecular formula is C15H17ClN2O3. The van der Waals surface area contributed by atoms with E-state index >= 15 is 0 Å². The SMILES string of the molecule is O=C(OCCCl)N1Cc2[nH]c3ccccc3c2CC1CO. The molecule has 2 N–H and O–H groups in total. The summed E-state index contributed by atoms with van der Waals surface area (Å²) in [6.45, 7) is 0.500. The smallest absolute Gasteiger partial charge is 0.410 e. The van der Waals surface area contributed by atoms with Crippen LogP contribution < -0.4 is 0 Å². The highest BCUT2D eigenvalue weighted by Crippen LogP contribution is 2.30. The van der Waals surface area contributed by atoms with Crippen LogP contribution in [0.2, 0.25) is 0 Å². The average Bonchev–Trinajstić information content (AvgIpc) is 2.88. The lowest BCUT2D eigenvalue weighted by Crippen LogP contribution is -2.46. The van der Waals surface area contributed by atoms with E-state index in [-0.39, 0.29) is 25.1 Å². The minimum atomic E-state index is -0.431. The van der Waals surface area contributed by atoms with Crippen LogP contribution in [0, 0.1) is 0 Å². The maximum atomic E-state index is 12.1. The van der Waals surface area contributed by atoms with Crippen molar-refractivity contribution < 1.29 is 14.6 Å². The molecular weight excluding hydrogens is 292 g/mol. The van der Waals surface area contributed by atoms with Gasteiger partial charge in [-0.15, -0.1) is 11.6 Å². The number of nitrogens with zero attached hydrogens (tertiary/aromatic N) is 1. The number of benzene rings is 1. The topological polar surface area (TPSA) is 65.6 Å². The summed E-state index contributed by atoms with van der Waals surface area (Å²) in [5.74, 6) is 0.265. The number of para-hydroxylation sites is 1. The highest BCUT2D eigenvalue weighted by Gasteiger charge is 2.32. The van der Waals surface area contributed by atoms with Crippen molar-refractivity contribution in [1.29, 1.82) is 0 Å². The second kappa shape index (κ2) is 5.95. The van der Waals surface area contributed by atoms with Gasteiger partial charge in [0, 0.05) is 16.6 Å². The van der Waals surface area contributed by atoms with Gasteiger partial charge in [-0.05, 0) is 18.1 Å². The highest BCUT2D eigenvalue weighted by molar-refractivity contribution is 6.18. The normalized spacial score (nSPS) is 17.8. The van der Waals surface area contributed by atoms with Crippen LogP contribution >= 0.6 is 11.6 Å². The quantitative estimate of drug-likeness (QED) is 0.855. The number of aliphatic hydroxyl groups excluding tert-OH is 1. The van der Waals surface area contributed by atoms with Gasteiger partial charge in [-0.2, -0.15) is 0 Å². The first kappa shape index (κ1) is 14.2. The van der Waals surface area contributed by atoms with E-state index in [2.05, 4.69) is 11.1 Å². The molecule has 3 rings (SSSR count). The summed E-state index contributed by atoms with van der Waals surface area (Å²) in [4.78, 5) is 17.0. The van der Waals surface area contributed by atoms with Crippen LogP contribution in [-0.4, -0.2) is 46.2 Å². The van der Waals surface area contributed by atoms with Gasteiger partial charge in [0.1, 0.15) is 6.61 Å². The second-order valence-corrected chi connectivity index (χ2v) is 5.48. The van der Waals surface area contributed by atoms with E-state index in [0.717, 1.165) is 16.6 Å². The molecule has 5 nitrogen and oxygen atoms in total. The number of aliphatic hydroxyl groups is 1. The van der Waals surface area contributed by atoms with Crippen LogP contribution in [-0.2, 0) is 17.7 Å². The molecule has 2 aromatic rings. The van der Waals surface area contributed by atoms with Gasteiger partial charge in [0.05, 0.1) is 25.1 Å². The van der Waals surface area contributed by atoms with Crippen molar-refractivity contribution in [3.63, 3.8) is 0 Å². The number of nitrogens with one attached hydrogen (secondary N) is 1. The Labute approximate surface area is 127 Å². The Bertz CT molecular complexity index is 655. The Morgan fingerprint density at radius 1 is 1.48 bits per heavy atom. The summed E-state index contributed by atoms with van der Waals surface area (Å²) in [5.41, 5.74) is 3.23. The molecule has 112 valence electrons. The van der Waals surface area contributed by atoms with E-state index in [1.165, 1.54) is 5.56 Å². The van der Waals surface area contributed by atoms with Crippen molar-refractivity contribution >= 4 is 28.6 Å². The number of aromatic nitrogens is 1. The number of ether oxygens (including phenoxy) is 1. The molecule has 1 aliphatic heterocycles. The largest absolute Gasteiger partial charge is 0.448 e. The Morgan fingerprint density at radius 2 is 2.29 bits per heavy atom. The standard InChI is InChI=1S/C15H17ClN2O3/c16-5-6-21-15(20)18-8-14-12(7-10(18)9-19)11-3-1-2-4-13(11)17-14/h1-4,10,17,19H,5-9H2. The predicted octanol–water partition coefficient (Wildman–Crippen LogP) is 2.26. The first-order valence-electron chi connectivity index (χ1n) is 6.93. The van der Waals surface area contributed by atoms with Gasteiger partial charge >= 0.3 is 6.09 Å². The van der Waals surface area contributed by atoms with Gasteiger partial charge in [-0.3, -0.25) is 4.90 Å². The zero-order valence-corrected chi connectivity index (χ0v) is 12.3. The maximum Gasteiger partial charge on any atom is 0.410 e. The van der Waals surface area contributed by atoms with E-state index in [0.29, 0.717) is 13.0 Å². The summed E-state index contributed by atoms with van der Waals surface area (Å²) in [6.07, 6.45) is 0.185. The van der Waals surface area contributed by atoms with E-state index < -0.39 is 6.09 Å². The zero-order valence-electron chi connectivity index (χ0n) is 11.5. The zero-order chi connectivity index (χ0) is 14.8. The molecule has 1 aromatic heterocycles. The number of hydrogen-bond donors (Lipinski definition) is 2. The van der Waals surface area contributed by atoms with E-state index in [1.807, 2.05) is 18.2 Å². The van der Waals surface area contributed by atoms with E-state index in [9.17, 15) is 9.90 Å². The number of halogens is 1. The number of fused-ring (bicyclic) bond motifs is 3. The number of carbonyl (C=O) groups is 1. The molecule has 0 bridgehead atoms. The lowest BCUT2D eigenvalue weighted by molar-refractivity contribution is 0.0636. The Kier molecular flexibility index (Phi) is 4.03. The summed E-state index contributed by atoms with van der Waals surface area (Å²) >= 11 is 5.54. The fourth-order valence-corrected chi connectivity index (χ4v) is 2.93. The Hall–Kier alpha value is -1.72. The van der Waals surface area contributed by atoms with Crippen LogP contribution in [0.5, 0.6) is 0 Å². The molecule has 0 radical (unpaired) electrons. The summed E-state index contributed by atoms with van der Waals surface area (Å²) in [7, 11) is 0. The van der Waals surface area contributed by atoms with Gasteiger partial charge in [-0.1, -0.05) is 18.2 Å². The maximum absolute atomic E-state index is 12.1. The number of rotatable bonds is 3. The van der Waals surface area contributed by atoms with Crippen LogP contribution in [0.15, 0.2) is 24.3 Å². The van der Waals surface area contributed by atoms with Gasteiger partial charge in [0.15, 0.2) is 0 Å². The van der Waals surface area contributed by atoms with Crippen molar-refractivity contribution in [2.45, 2.75) is 19.0 Å². The fourth-order valence-electron chi connectivity index (χ4n) is 2.85. The first-order chi connectivity index (χ1) is 10.2. The molecule has 0 fully saturated rings. The Balaban J connectivity index is 1.91. The lowest BCUT2D eigenvalue weighted by Gasteiger charge is -2.33. The average molecular weight is 309 g/mol. The highest BCUT2D eigenvalue weighted by atomic mass is 35.5. The number of H-pyrrole nitrogens is 1. The molecule has 0 saturated carbocycles. The van der Waals surface area contributed by atoms with Crippen LogP contribution in [0.4, 0.5) is 4.79 Å². The van der Waals surface area contributed by atoms with Crippen LogP contribution in [0.25, 0.3) is 10.9 Å². The molecule has 21 heavy (non-hydrogen) atoms. The number of hydrogen-bond acceptors (Lipinski definition) is 3. The first-order valence-corrected chi connectivity index (χ1v) is 7.46. The third-order valence-corrected chi connectivity index (χ3v) is 4.01. The number of alkyl halides is 1. The Morgan fingerprint density at radius 3 is 3.05 bits per heavy atom. The van der Waals surface area contributed by atoms with Crippen molar-refractivity contribution in [3.8, 4) is 0 Å². The third kappa shape index (κ3) is 2.59. The van der Waals surface area contributed by atoms with Gasteiger partial charge in [0.2, 0.25) is 0 Å². The third-order valence-electron chi connectivity index (χ3n) is 3.86. The predicted molar refractivity (Wildman–Crippen MR) is 80.5 cm³/mol. The lowest BCUT2D eigenvalue weighted by atomic mass is 9.97. The number of aromatic amines is 1. The number of carbonyl (C=O) groups excluding carboxylic acids is 1. The molecule has 6 heteroatoms. The monoisotopic (exact) mass is 308 g/mol. The number of amides is 1. The molecule has 1 aliphatic rings. The van der Waals surface area contributed by atoms with Crippen LogP contribution in [0.3, 0.4) is 0 Å². The molecule has 1 unspecified atom stereocenters. The van der Waals surface area contributed by atoms with Crippen molar-refractivity contribution in [1.82, 2.24) is 9.88 Å². The second-order valence-electron chi connectivity index (χ2n) is 5.10. The fraction of sp³-hybridized carbons (Fsp3) is 0.400. The van der Waals surface area contributed by atoms with Gasteiger partial charge < -0.3 is 14.8 Å². The molecule has 2 heterocycles. The minimum Gasteiger partial charge on any atom is -0.448 e. The van der Waals surface area contributed by atoms with Gasteiger partial charge in [0.25, 0.3) is 0 Å². The molecule has 0 saturated heterocycles. The van der Waals surface area contributed by atoms with E-state index in [1.54, 1.807) is 4.90 Å². The summed E-state index contributed by atoms with van der Waals surface area (Å²) in [5, 5.41) is 10.7. The van der Waals surface area contributed by atoms with Crippen molar-refractivity contribution in [2.24, 2.45) is 0 Å². The summed E-state index contributed by atoms with van der Waals surface area (Å²) < 4.78 is 5.08. The molecule has 0 aliphatic carbocycles. The van der Waals surface area contributed by atoms with E-state index in [4.69, 9.17) is 16.3 Å². The van der Waals surface area contributed by atoms with Crippen molar-refractivity contribution in [2.75, 3.05) is 19.1 Å². The molecule has 1 aromatic carbocycles. The minimum absolute atomic E-state index is 0.0884. The molecule has 0 spiro atoms.